The quantitative estimate of drug-likeness (QED) is 0.369. The maximum atomic E-state index is 12.5. The lowest BCUT2D eigenvalue weighted by Crippen LogP contribution is -2.32. The van der Waals surface area contributed by atoms with Crippen LogP contribution in [-0.4, -0.2) is 36.3 Å². The highest BCUT2D eigenvalue weighted by Crippen LogP contribution is 2.26. The minimum atomic E-state index is -4.15. The lowest BCUT2D eigenvalue weighted by Gasteiger charge is -2.10. The summed E-state index contributed by atoms with van der Waals surface area (Å²) in [6, 6.07) is 13.2. The van der Waals surface area contributed by atoms with E-state index in [1.165, 1.54) is 6.07 Å². The summed E-state index contributed by atoms with van der Waals surface area (Å²) in [5.41, 5.74) is 0.464. The summed E-state index contributed by atoms with van der Waals surface area (Å²) in [5, 5.41) is 15.0. The number of nitrogens with one attached hydrogen (secondary N) is 1. The largest absolute Gasteiger partial charge is 0.494 e. The van der Waals surface area contributed by atoms with Gasteiger partial charge in [0.25, 0.3) is 11.2 Å². The lowest BCUT2D eigenvalue weighted by atomic mass is 10.1. The molecule has 0 atom stereocenters. The molecule has 0 aliphatic rings. The first-order valence-corrected chi connectivity index (χ1v) is 11.3. The van der Waals surface area contributed by atoms with Crippen LogP contribution in [0.15, 0.2) is 64.3 Å². The van der Waals surface area contributed by atoms with E-state index in [0.717, 1.165) is 28.4 Å². The fourth-order valence-electron chi connectivity index (χ4n) is 2.83. The van der Waals surface area contributed by atoms with Crippen LogP contribution in [0, 0.1) is 10.1 Å². The van der Waals surface area contributed by atoms with Gasteiger partial charge in [0.2, 0.25) is 10.0 Å². The van der Waals surface area contributed by atoms with Crippen LogP contribution in [0.1, 0.15) is 6.92 Å². The van der Waals surface area contributed by atoms with E-state index in [4.69, 9.17) is 16.3 Å². The highest BCUT2D eigenvalue weighted by atomic mass is 35.5. The molecule has 1 heterocycles. The minimum absolute atomic E-state index is 0.0600. The Hall–Kier alpha value is -3.28. The van der Waals surface area contributed by atoms with E-state index in [0.29, 0.717) is 18.1 Å². The fraction of sp³-hybridized carbons (Fsp3) is 0.200. The van der Waals surface area contributed by atoms with Crippen LogP contribution in [0.3, 0.4) is 0 Å². The van der Waals surface area contributed by atoms with Crippen molar-refractivity contribution in [3.05, 3.63) is 80.1 Å². The van der Waals surface area contributed by atoms with Crippen LogP contribution in [0.5, 0.6) is 5.75 Å². The number of rotatable bonds is 9. The van der Waals surface area contributed by atoms with Gasteiger partial charge in [-0.3, -0.25) is 14.9 Å². The third-order valence-electron chi connectivity index (χ3n) is 4.36. The highest BCUT2D eigenvalue weighted by Gasteiger charge is 2.21. The molecule has 0 spiro atoms. The van der Waals surface area contributed by atoms with Gasteiger partial charge in [0.05, 0.1) is 28.8 Å². The maximum Gasteiger partial charge on any atom is 0.270 e. The van der Waals surface area contributed by atoms with Crippen LogP contribution in [0.4, 0.5) is 5.69 Å². The van der Waals surface area contributed by atoms with Gasteiger partial charge in [-0.2, -0.15) is 5.10 Å². The van der Waals surface area contributed by atoms with E-state index in [-0.39, 0.29) is 18.1 Å². The number of nitrogens with zero attached hydrogens (tertiary/aromatic N) is 3. The zero-order valence-corrected chi connectivity index (χ0v) is 18.5. The number of ether oxygens (including phenoxy) is 1. The van der Waals surface area contributed by atoms with Crippen molar-refractivity contribution in [2.45, 2.75) is 18.4 Å². The summed E-state index contributed by atoms with van der Waals surface area (Å²) in [4.78, 5) is 21.9. The van der Waals surface area contributed by atoms with Crippen molar-refractivity contribution in [1.82, 2.24) is 14.5 Å². The van der Waals surface area contributed by atoms with Crippen LogP contribution >= 0.6 is 11.6 Å². The Kier molecular flexibility index (Phi) is 7.23. The van der Waals surface area contributed by atoms with Gasteiger partial charge in [-0.05, 0) is 43.3 Å². The van der Waals surface area contributed by atoms with Gasteiger partial charge in [0.15, 0.2) is 0 Å². The third-order valence-corrected chi connectivity index (χ3v) is 6.30. The molecule has 12 heteroatoms. The average Bonchev–Trinajstić information content (AvgIpc) is 2.76. The predicted molar refractivity (Wildman–Crippen MR) is 118 cm³/mol. The number of non-ortho nitro benzene ring substituents is 1. The number of hydrogen-bond acceptors (Lipinski definition) is 7. The third kappa shape index (κ3) is 5.49. The summed E-state index contributed by atoms with van der Waals surface area (Å²) in [6.07, 6.45) is 0. The average molecular weight is 479 g/mol. The first-order valence-electron chi connectivity index (χ1n) is 9.46. The lowest BCUT2D eigenvalue weighted by molar-refractivity contribution is -0.385. The minimum Gasteiger partial charge on any atom is -0.494 e. The molecular formula is C20H19ClN4O6S. The smallest absolute Gasteiger partial charge is 0.270 e. The second-order valence-electron chi connectivity index (χ2n) is 6.51. The molecule has 1 aromatic heterocycles. The molecule has 2 aromatic carbocycles. The number of sulfonamides is 1. The molecule has 0 bridgehead atoms. The van der Waals surface area contributed by atoms with Crippen LogP contribution in [-0.2, 0) is 16.6 Å². The second-order valence-corrected chi connectivity index (χ2v) is 8.65. The molecule has 0 saturated carbocycles. The van der Waals surface area contributed by atoms with Gasteiger partial charge in [-0.15, -0.1) is 0 Å². The van der Waals surface area contributed by atoms with E-state index in [1.807, 2.05) is 6.92 Å². The molecule has 10 nitrogen and oxygen atoms in total. The van der Waals surface area contributed by atoms with Gasteiger partial charge in [-0.25, -0.2) is 17.8 Å². The number of aromatic nitrogens is 2. The molecule has 0 unspecified atom stereocenters. The van der Waals surface area contributed by atoms with E-state index in [2.05, 4.69) is 9.82 Å². The fourth-order valence-corrected chi connectivity index (χ4v) is 4.37. The Morgan fingerprint density at radius 2 is 1.88 bits per heavy atom. The molecule has 1 N–H and O–H groups in total. The standard InChI is InChI=1S/C20H19ClN4O6S/c1-2-31-16-6-3-14(4-7-16)18-9-10-20(26)24(23-18)12-11-22-32(29,30)19-13-15(25(27)28)5-8-17(19)21/h3-10,13,22H,2,11-12H2,1H3. The molecular weight excluding hydrogens is 460 g/mol. The molecule has 3 aromatic rings. The topological polar surface area (TPSA) is 133 Å². The number of benzene rings is 2. The zero-order valence-electron chi connectivity index (χ0n) is 16.9. The SMILES string of the molecule is CCOc1ccc(-c2ccc(=O)n(CCNS(=O)(=O)c3cc([N+](=O)[O-])ccc3Cl)n2)cc1. The molecule has 0 fully saturated rings. The van der Waals surface area contributed by atoms with Crippen molar-refractivity contribution in [1.29, 1.82) is 0 Å². The summed E-state index contributed by atoms with van der Waals surface area (Å²) in [7, 11) is -4.15. The summed E-state index contributed by atoms with van der Waals surface area (Å²) in [5.74, 6) is 0.707. The van der Waals surface area contributed by atoms with Gasteiger partial charge in [0.1, 0.15) is 10.6 Å². The number of nitro benzene ring substituents is 1. The van der Waals surface area contributed by atoms with Crippen molar-refractivity contribution >= 4 is 27.3 Å². The molecule has 32 heavy (non-hydrogen) atoms. The van der Waals surface area contributed by atoms with Gasteiger partial charge in [-0.1, -0.05) is 11.6 Å². The highest BCUT2D eigenvalue weighted by molar-refractivity contribution is 7.89. The number of hydrogen-bond donors (Lipinski definition) is 1. The van der Waals surface area contributed by atoms with Gasteiger partial charge in [0, 0.05) is 30.3 Å². The Balaban J connectivity index is 1.75. The predicted octanol–water partition coefficient (Wildman–Crippen LogP) is 2.85. The summed E-state index contributed by atoms with van der Waals surface area (Å²) < 4.78 is 33.9. The molecule has 3 rings (SSSR count). The Morgan fingerprint density at radius 3 is 2.53 bits per heavy atom. The van der Waals surface area contributed by atoms with E-state index < -0.39 is 31.1 Å². The summed E-state index contributed by atoms with van der Waals surface area (Å²) >= 11 is 5.91. The Morgan fingerprint density at radius 1 is 1.16 bits per heavy atom. The molecule has 0 saturated heterocycles. The van der Waals surface area contributed by atoms with Crippen molar-refractivity contribution in [3.63, 3.8) is 0 Å². The summed E-state index contributed by atoms with van der Waals surface area (Å²) in [6.45, 7) is 2.18. The normalized spacial score (nSPS) is 11.3. The number of halogens is 1. The van der Waals surface area contributed by atoms with Crippen molar-refractivity contribution < 1.29 is 18.1 Å². The Labute approximate surface area is 188 Å². The van der Waals surface area contributed by atoms with Crippen molar-refractivity contribution in [3.8, 4) is 17.0 Å². The van der Waals surface area contributed by atoms with Crippen LogP contribution in [0.2, 0.25) is 5.02 Å². The Bertz CT molecular complexity index is 1290. The molecule has 0 aliphatic carbocycles. The van der Waals surface area contributed by atoms with Gasteiger partial charge < -0.3 is 4.74 Å². The second kappa shape index (κ2) is 9.90. The molecule has 168 valence electrons. The molecule has 0 amide bonds. The number of nitro groups is 1. The van der Waals surface area contributed by atoms with E-state index in [1.54, 1.807) is 30.3 Å². The zero-order chi connectivity index (χ0) is 23.3. The first kappa shape index (κ1) is 23.4. The molecule has 0 aliphatic heterocycles. The van der Waals surface area contributed by atoms with E-state index in [9.17, 15) is 23.3 Å². The molecule has 0 radical (unpaired) electrons. The van der Waals surface area contributed by atoms with Crippen LogP contribution < -0.4 is 15.0 Å². The van der Waals surface area contributed by atoms with Crippen molar-refractivity contribution in [2.75, 3.05) is 13.2 Å². The van der Waals surface area contributed by atoms with E-state index >= 15 is 0 Å². The monoisotopic (exact) mass is 478 g/mol. The van der Waals surface area contributed by atoms with Crippen molar-refractivity contribution in [2.24, 2.45) is 0 Å². The van der Waals surface area contributed by atoms with Gasteiger partial charge >= 0.3 is 0 Å². The first-order chi connectivity index (χ1) is 15.2. The van der Waals surface area contributed by atoms with Crippen LogP contribution in [0.25, 0.3) is 11.3 Å². The maximum absolute atomic E-state index is 12.5.